The molecule has 39 heavy (non-hydrogen) atoms. The van der Waals surface area contributed by atoms with Gasteiger partial charge in [0.1, 0.15) is 16.9 Å². The van der Waals surface area contributed by atoms with Gasteiger partial charge in [-0.3, -0.25) is 14.7 Å². The van der Waals surface area contributed by atoms with Crippen LogP contribution in [0.3, 0.4) is 0 Å². The summed E-state index contributed by atoms with van der Waals surface area (Å²) in [4.78, 5) is 26.3. The molecule has 3 aromatic rings. The first-order chi connectivity index (χ1) is 18.7. The number of amides is 1. The minimum absolute atomic E-state index is 0.277. The quantitative estimate of drug-likeness (QED) is 0.299. The van der Waals surface area contributed by atoms with Crippen molar-refractivity contribution in [3.05, 3.63) is 60.2 Å². The lowest BCUT2D eigenvalue weighted by molar-refractivity contribution is -0.0900. The normalized spacial score (nSPS) is 20.1. The molecule has 4 heterocycles. The van der Waals surface area contributed by atoms with Crippen molar-refractivity contribution < 1.29 is 14.6 Å². The molecule has 1 saturated heterocycles. The molecular formula is C28H36N8O3. The maximum atomic E-state index is 13.4. The van der Waals surface area contributed by atoms with E-state index in [0.717, 1.165) is 49.7 Å². The summed E-state index contributed by atoms with van der Waals surface area (Å²) in [7, 11) is 1.72. The number of rotatable bonds is 8. The maximum absolute atomic E-state index is 13.4. The Morgan fingerprint density at radius 3 is 2.82 bits per heavy atom. The molecule has 1 aromatic carbocycles. The molecule has 5 rings (SSSR count). The van der Waals surface area contributed by atoms with Gasteiger partial charge in [-0.2, -0.15) is 5.10 Å². The molecule has 11 nitrogen and oxygen atoms in total. The van der Waals surface area contributed by atoms with Gasteiger partial charge in [-0.25, -0.2) is 9.50 Å². The topological polar surface area (TPSA) is 120 Å². The molecule has 11 heteroatoms. The largest absolute Gasteiger partial charge is 0.484 e. The molecule has 1 fully saturated rings. The van der Waals surface area contributed by atoms with E-state index in [1.807, 2.05) is 25.3 Å². The van der Waals surface area contributed by atoms with E-state index in [4.69, 9.17) is 4.74 Å². The van der Waals surface area contributed by atoms with Crippen LogP contribution >= 0.6 is 0 Å². The summed E-state index contributed by atoms with van der Waals surface area (Å²) in [6, 6.07) is 5.75. The lowest BCUT2D eigenvalue weighted by atomic mass is 9.84. The Kier molecular flexibility index (Phi) is 7.28. The van der Waals surface area contributed by atoms with Gasteiger partial charge in [0.05, 0.1) is 29.5 Å². The minimum Gasteiger partial charge on any atom is -0.484 e. The molecule has 1 amide bonds. The summed E-state index contributed by atoms with van der Waals surface area (Å²) in [6.45, 7) is 9.61. The zero-order valence-corrected chi connectivity index (χ0v) is 22.9. The number of aliphatic imine (C=N–C) groups is 1. The fraction of sp³-hybridized carbons (Fsp3) is 0.429. The van der Waals surface area contributed by atoms with Gasteiger partial charge >= 0.3 is 0 Å². The van der Waals surface area contributed by atoms with Gasteiger partial charge in [-0.05, 0) is 39.1 Å². The number of fused-ring (bicyclic) bond motifs is 2. The second-order valence-corrected chi connectivity index (χ2v) is 10.7. The Balaban J connectivity index is 1.39. The molecule has 2 aromatic heterocycles. The highest BCUT2D eigenvalue weighted by molar-refractivity contribution is 6.09. The SMILES string of the molecule is CN=CN/C=C/CN1CCN(c2cc3c(cc2NC(=O)c2cnn4cccnc24)CC(C)(C(C)(C)O)O3)CC1. The Morgan fingerprint density at radius 1 is 1.28 bits per heavy atom. The van der Waals surface area contributed by atoms with E-state index < -0.39 is 11.2 Å². The van der Waals surface area contributed by atoms with Crippen LogP contribution in [0, 0.1) is 0 Å². The maximum Gasteiger partial charge on any atom is 0.261 e. The highest BCUT2D eigenvalue weighted by Gasteiger charge is 2.47. The molecule has 0 saturated carbocycles. The number of hydrogen-bond acceptors (Lipinski definition) is 8. The van der Waals surface area contributed by atoms with Crippen molar-refractivity contribution in [3.63, 3.8) is 0 Å². The third-order valence-corrected chi connectivity index (χ3v) is 7.60. The highest BCUT2D eigenvalue weighted by Crippen LogP contribution is 2.45. The monoisotopic (exact) mass is 532 g/mol. The summed E-state index contributed by atoms with van der Waals surface area (Å²) in [6.07, 6.45) is 11.1. The summed E-state index contributed by atoms with van der Waals surface area (Å²) in [5, 5.41) is 21.2. The lowest BCUT2D eigenvalue weighted by Gasteiger charge is -2.37. The number of piperazine rings is 1. The third-order valence-electron chi connectivity index (χ3n) is 7.60. The number of carbonyl (C=O) groups is 1. The van der Waals surface area contributed by atoms with Crippen molar-refractivity contribution in [2.75, 3.05) is 50.0 Å². The Labute approximate surface area is 228 Å². The van der Waals surface area contributed by atoms with Gasteiger partial charge in [0.15, 0.2) is 5.65 Å². The predicted octanol–water partition coefficient (Wildman–Crippen LogP) is 2.33. The molecule has 1 unspecified atom stereocenters. The van der Waals surface area contributed by atoms with Crippen LogP contribution in [0.2, 0.25) is 0 Å². The fourth-order valence-electron chi connectivity index (χ4n) is 4.93. The number of anilines is 2. The van der Waals surface area contributed by atoms with Gasteiger partial charge < -0.3 is 25.4 Å². The van der Waals surface area contributed by atoms with E-state index in [9.17, 15) is 9.90 Å². The van der Waals surface area contributed by atoms with E-state index >= 15 is 0 Å². The van der Waals surface area contributed by atoms with Gasteiger partial charge in [-0.1, -0.05) is 6.08 Å². The zero-order chi connectivity index (χ0) is 27.6. The molecule has 2 aliphatic rings. The van der Waals surface area contributed by atoms with Crippen molar-refractivity contribution in [1.29, 1.82) is 0 Å². The number of carbonyl (C=O) groups excluding carboxylic acids is 1. The van der Waals surface area contributed by atoms with Gasteiger partial charge in [0.25, 0.3) is 5.91 Å². The van der Waals surface area contributed by atoms with Crippen molar-refractivity contribution in [2.24, 2.45) is 4.99 Å². The number of benzene rings is 1. The van der Waals surface area contributed by atoms with Crippen LogP contribution < -0.4 is 20.3 Å². The Hall–Kier alpha value is -3.96. The van der Waals surface area contributed by atoms with Crippen molar-refractivity contribution >= 4 is 29.3 Å². The first-order valence-electron chi connectivity index (χ1n) is 13.2. The van der Waals surface area contributed by atoms with Crippen molar-refractivity contribution in [2.45, 2.75) is 38.4 Å². The third kappa shape index (κ3) is 5.45. The van der Waals surface area contributed by atoms with E-state index in [-0.39, 0.29) is 5.91 Å². The standard InChI is InChI=1S/C28H36N8O3/c1-27(2,38)28(3)17-20-15-22(33-26(37)21-18-32-36-10-6-8-31-25(21)36)23(16-24(20)39-28)35-13-11-34(12-14-35)9-5-7-30-19-29-4/h5-8,10,15-16,18-19,38H,9,11-14,17H2,1-4H3,(H,29,30)(H,33,37)/b7-5+. The van der Waals surface area contributed by atoms with E-state index in [1.165, 1.54) is 6.20 Å². The second kappa shape index (κ2) is 10.7. The van der Waals surface area contributed by atoms with Gasteiger partial charge in [-0.15, -0.1) is 0 Å². The molecule has 1 atom stereocenters. The average molecular weight is 533 g/mol. The van der Waals surface area contributed by atoms with E-state index in [2.05, 4.69) is 41.6 Å². The summed E-state index contributed by atoms with van der Waals surface area (Å²) >= 11 is 0. The predicted molar refractivity (Wildman–Crippen MR) is 152 cm³/mol. The van der Waals surface area contributed by atoms with Crippen molar-refractivity contribution in [3.8, 4) is 5.75 Å². The summed E-state index contributed by atoms with van der Waals surface area (Å²) < 4.78 is 7.92. The molecule has 0 radical (unpaired) electrons. The van der Waals surface area contributed by atoms with Gasteiger partial charge in [0, 0.05) is 70.2 Å². The molecule has 0 spiro atoms. The van der Waals surface area contributed by atoms with Crippen LogP contribution in [0.5, 0.6) is 5.75 Å². The molecule has 206 valence electrons. The van der Waals surface area contributed by atoms with Crippen LogP contribution in [-0.2, 0) is 6.42 Å². The first kappa shape index (κ1) is 26.6. The highest BCUT2D eigenvalue weighted by atomic mass is 16.5. The molecule has 0 bridgehead atoms. The van der Waals surface area contributed by atoms with E-state index in [0.29, 0.717) is 23.3 Å². The number of aliphatic hydroxyl groups is 1. The molecule has 2 aliphatic heterocycles. The first-order valence-corrected chi connectivity index (χ1v) is 13.2. The Morgan fingerprint density at radius 2 is 2.08 bits per heavy atom. The Bertz CT molecular complexity index is 1400. The number of nitrogens with one attached hydrogen (secondary N) is 2. The van der Waals surface area contributed by atoms with Crippen molar-refractivity contribution in [1.82, 2.24) is 24.8 Å². The smallest absolute Gasteiger partial charge is 0.261 e. The van der Waals surface area contributed by atoms with Gasteiger partial charge in [0.2, 0.25) is 0 Å². The van der Waals surface area contributed by atoms with Crippen LogP contribution in [0.1, 0.15) is 36.7 Å². The molecule has 0 aliphatic carbocycles. The summed E-state index contributed by atoms with van der Waals surface area (Å²) in [5.74, 6) is 0.459. The zero-order valence-electron chi connectivity index (χ0n) is 22.9. The number of hydrogen-bond donors (Lipinski definition) is 3. The molecule has 3 N–H and O–H groups in total. The number of aromatic nitrogens is 3. The average Bonchev–Trinajstić information content (AvgIpc) is 3.49. The van der Waals surface area contributed by atoms with Crippen LogP contribution in [0.4, 0.5) is 11.4 Å². The fourth-order valence-corrected chi connectivity index (χ4v) is 4.93. The lowest BCUT2D eigenvalue weighted by Crippen LogP contribution is -2.51. The summed E-state index contributed by atoms with van der Waals surface area (Å²) in [5.41, 5.74) is 1.62. The van der Waals surface area contributed by atoms with Crippen LogP contribution in [0.15, 0.2) is 54.1 Å². The van der Waals surface area contributed by atoms with E-state index in [1.54, 1.807) is 50.2 Å². The number of ether oxygens (including phenoxy) is 1. The van der Waals surface area contributed by atoms with Crippen LogP contribution in [0.25, 0.3) is 5.65 Å². The number of nitrogens with zero attached hydrogens (tertiary/aromatic N) is 6. The molecular weight excluding hydrogens is 496 g/mol. The van der Waals surface area contributed by atoms with Crippen LogP contribution in [-0.4, -0.2) is 87.8 Å². The second-order valence-electron chi connectivity index (χ2n) is 10.7. The minimum atomic E-state index is -1.05.